The molecule has 2 aliphatic rings. The Kier molecular flexibility index (Phi) is 5.88. The van der Waals surface area contributed by atoms with Gasteiger partial charge in [0.1, 0.15) is 5.82 Å². The van der Waals surface area contributed by atoms with Gasteiger partial charge in [0.15, 0.2) is 5.96 Å². The van der Waals surface area contributed by atoms with Gasteiger partial charge in [0.05, 0.1) is 18.8 Å². The summed E-state index contributed by atoms with van der Waals surface area (Å²) in [4.78, 5) is 9.20. The van der Waals surface area contributed by atoms with Gasteiger partial charge in [0, 0.05) is 39.8 Å². The van der Waals surface area contributed by atoms with Crippen LogP contribution in [0.5, 0.6) is 0 Å². The topological polar surface area (TPSA) is 40.1 Å². The third-order valence-electron chi connectivity index (χ3n) is 5.50. The molecule has 28 heavy (non-hydrogen) atoms. The first-order valence-electron chi connectivity index (χ1n) is 9.82. The molecule has 2 atom stereocenters. The van der Waals surface area contributed by atoms with Crippen LogP contribution in [-0.2, 0) is 17.8 Å². The van der Waals surface area contributed by atoms with E-state index in [2.05, 4.69) is 50.4 Å². The van der Waals surface area contributed by atoms with Crippen molar-refractivity contribution in [3.63, 3.8) is 0 Å². The van der Waals surface area contributed by atoms with Crippen molar-refractivity contribution in [2.24, 2.45) is 4.99 Å². The zero-order valence-electron chi connectivity index (χ0n) is 16.2. The summed E-state index contributed by atoms with van der Waals surface area (Å²) in [5.74, 6) is 0.619. The Labute approximate surface area is 165 Å². The number of likely N-dealkylation sites (tertiary alicyclic amines) is 1. The monoisotopic (exact) mass is 382 g/mol. The molecule has 0 amide bonds. The van der Waals surface area contributed by atoms with Crippen LogP contribution in [0.1, 0.15) is 11.1 Å². The predicted octanol–water partition coefficient (Wildman–Crippen LogP) is 2.49. The minimum Gasteiger partial charge on any atom is -0.373 e. The van der Waals surface area contributed by atoms with E-state index in [1.165, 1.54) is 11.6 Å². The van der Waals surface area contributed by atoms with Gasteiger partial charge in [-0.05, 0) is 23.3 Å². The fourth-order valence-electron chi connectivity index (χ4n) is 4.11. The Bertz CT molecular complexity index is 813. The van der Waals surface area contributed by atoms with E-state index in [0.717, 1.165) is 44.3 Å². The summed E-state index contributed by atoms with van der Waals surface area (Å²) in [6, 6.07) is 17.6. The molecule has 5 nitrogen and oxygen atoms in total. The molecule has 2 aromatic carbocycles. The van der Waals surface area contributed by atoms with Crippen molar-refractivity contribution in [3.05, 3.63) is 71.5 Å². The molecule has 1 N–H and O–H groups in total. The normalized spacial score (nSPS) is 22.9. The van der Waals surface area contributed by atoms with Gasteiger partial charge in [0.2, 0.25) is 0 Å². The average molecular weight is 382 g/mol. The Morgan fingerprint density at radius 3 is 2.75 bits per heavy atom. The highest BCUT2D eigenvalue weighted by Gasteiger charge is 2.41. The highest BCUT2D eigenvalue weighted by atomic mass is 19.1. The smallest absolute Gasteiger partial charge is 0.194 e. The Hall–Kier alpha value is -2.44. The molecular formula is C22H27FN4O. The summed E-state index contributed by atoms with van der Waals surface area (Å²) in [6.07, 6.45) is 0.185. The van der Waals surface area contributed by atoms with Crippen molar-refractivity contribution in [2.45, 2.75) is 25.2 Å². The lowest BCUT2D eigenvalue weighted by molar-refractivity contribution is -0.0502. The molecule has 2 aliphatic heterocycles. The van der Waals surface area contributed by atoms with Crippen molar-refractivity contribution in [1.29, 1.82) is 0 Å². The van der Waals surface area contributed by atoms with Crippen molar-refractivity contribution in [1.82, 2.24) is 15.1 Å². The first kappa shape index (κ1) is 18.9. The summed E-state index contributed by atoms with van der Waals surface area (Å²) in [6.45, 7) is 4.88. The summed E-state index contributed by atoms with van der Waals surface area (Å²) in [5.41, 5.74) is 2.23. The molecular weight excluding hydrogens is 355 g/mol. The Morgan fingerprint density at radius 1 is 1.14 bits per heavy atom. The minimum atomic E-state index is -0.216. The lowest BCUT2D eigenvalue weighted by Crippen LogP contribution is -2.50. The van der Waals surface area contributed by atoms with Crippen molar-refractivity contribution < 1.29 is 9.13 Å². The number of nitrogens with zero attached hydrogens (tertiary/aromatic N) is 3. The number of rotatable bonds is 4. The highest BCUT2D eigenvalue weighted by Crippen LogP contribution is 2.24. The molecule has 0 radical (unpaired) electrons. The second-order valence-electron chi connectivity index (χ2n) is 7.37. The second-order valence-corrected chi connectivity index (χ2v) is 7.37. The van der Waals surface area contributed by atoms with Gasteiger partial charge in [-0.15, -0.1) is 0 Å². The Morgan fingerprint density at radius 2 is 1.96 bits per heavy atom. The van der Waals surface area contributed by atoms with Crippen LogP contribution < -0.4 is 5.32 Å². The minimum absolute atomic E-state index is 0.185. The van der Waals surface area contributed by atoms with E-state index in [1.54, 1.807) is 19.2 Å². The largest absolute Gasteiger partial charge is 0.373 e. The molecule has 0 bridgehead atoms. The summed E-state index contributed by atoms with van der Waals surface area (Å²) in [7, 11) is 1.79. The van der Waals surface area contributed by atoms with Crippen LogP contribution in [-0.4, -0.2) is 61.2 Å². The van der Waals surface area contributed by atoms with Crippen LogP contribution in [0.4, 0.5) is 4.39 Å². The maximum Gasteiger partial charge on any atom is 0.194 e. The highest BCUT2D eigenvalue weighted by molar-refractivity contribution is 5.80. The molecule has 0 saturated carbocycles. The van der Waals surface area contributed by atoms with E-state index in [4.69, 9.17) is 4.74 Å². The van der Waals surface area contributed by atoms with Crippen LogP contribution in [0.15, 0.2) is 59.6 Å². The molecule has 0 aliphatic carbocycles. The quantitative estimate of drug-likeness (QED) is 0.652. The second kappa shape index (κ2) is 8.71. The van der Waals surface area contributed by atoms with Crippen LogP contribution in [0, 0.1) is 5.82 Å². The van der Waals surface area contributed by atoms with E-state index in [-0.39, 0.29) is 11.9 Å². The van der Waals surface area contributed by atoms with Crippen molar-refractivity contribution in [3.8, 4) is 0 Å². The van der Waals surface area contributed by atoms with Gasteiger partial charge in [-0.1, -0.05) is 42.5 Å². The number of nitrogens with one attached hydrogen (secondary N) is 1. The molecule has 0 aromatic heterocycles. The third kappa shape index (κ3) is 4.34. The summed E-state index contributed by atoms with van der Waals surface area (Å²) in [5, 5.41) is 3.36. The van der Waals surface area contributed by atoms with Crippen LogP contribution in [0.25, 0.3) is 0 Å². The van der Waals surface area contributed by atoms with Gasteiger partial charge >= 0.3 is 0 Å². The summed E-state index contributed by atoms with van der Waals surface area (Å²) >= 11 is 0. The zero-order valence-corrected chi connectivity index (χ0v) is 16.2. The van der Waals surface area contributed by atoms with E-state index in [0.29, 0.717) is 12.6 Å². The Balaban J connectivity index is 1.39. The molecule has 2 fully saturated rings. The van der Waals surface area contributed by atoms with Crippen molar-refractivity contribution in [2.75, 3.05) is 33.3 Å². The number of halogens is 1. The average Bonchev–Trinajstić information content (AvgIpc) is 3.14. The van der Waals surface area contributed by atoms with Crippen LogP contribution in [0.2, 0.25) is 0 Å². The van der Waals surface area contributed by atoms with Gasteiger partial charge in [-0.3, -0.25) is 9.89 Å². The molecule has 4 rings (SSSR count). The van der Waals surface area contributed by atoms with Gasteiger partial charge < -0.3 is 15.0 Å². The lowest BCUT2D eigenvalue weighted by Gasteiger charge is -2.36. The standard InChI is InChI=1S/C22H27FN4O/c1-24-22(25-13-18-8-5-9-19(23)12-18)27-15-20-21(16-27)28-11-10-26(20)14-17-6-3-2-4-7-17/h2-9,12,20-21H,10-11,13-16H2,1H3,(H,24,25). The molecule has 0 spiro atoms. The van der Waals surface area contributed by atoms with Crippen LogP contribution >= 0.6 is 0 Å². The number of fused-ring (bicyclic) bond motifs is 1. The maximum absolute atomic E-state index is 13.4. The number of hydrogen-bond donors (Lipinski definition) is 1. The number of hydrogen-bond acceptors (Lipinski definition) is 3. The number of guanidine groups is 1. The number of aliphatic imine (C=N–C) groups is 1. The van der Waals surface area contributed by atoms with E-state index in [1.807, 2.05) is 6.07 Å². The lowest BCUT2D eigenvalue weighted by atomic mass is 10.1. The third-order valence-corrected chi connectivity index (χ3v) is 5.50. The SMILES string of the molecule is CN=C(NCc1cccc(F)c1)N1CC2OCCN(Cc3ccccc3)C2C1. The maximum atomic E-state index is 13.4. The van der Waals surface area contributed by atoms with Crippen LogP contribution in [0.3, 0.4) is 0 Å². The molecule has 2 aromatic rings. The predicted molar refractivity (Wildman–Crippen MR) is 109 cm³/mol. The number of benzene rings is 2. The fourth-order valence-corrected chi connectivity index (χ4v) is 4.11. The molecule has 2 saturated heterocycles. The molecule has 2 heterocycles. The van der Waals surface area contributed by atoms with Crippen molar-refractivity contribution >= 4 is 5.96 Å². The number of ether oxygens (including phenoxy) is 1. The summed E-state index contributed by atoms with van der Waals surface area (Å²) < 4.78 is 19.5. The van der Waals surface area contributed by atoms with E-state index in [9.17, 15) is 4.39 Å². The molecule has 2 unspecified atom stereocenters. The van der Waals surface area contributed by atoms with E-state index < -0.39 is 0 Å². The van der Waals surface area contributed by atoms with Gasteiger partial charge in [-0.2, -0.15) is 0 Å². The van der Waals surface area contributed by atoms with Gasteiger partial charge in [0.25, 0.3) is 0 Å². The van der Waals surface area contributed by atoms with E-state index >= 15 is 0 Å². The first-order valence-corrected chi connectivity index (χ1v) is 9.82. The fraction of sp³-hybridized carbons (Fsp3) is 0.409. The number of morpholine rings is 1. The molecule has 148 valence electrons. The molecule has 6 heteroatoms. The van der Waals surface area contributed by atoms with Gasteiger partial charge in [-0.25, -0.2) is 4.39 Å². The zero-order chi connectivity index (χ0) is 19.3. The first-order chi connectivity index (χ1) is 13.7.